The Labute approximate surface area is 106 Å². The fourth-order valence-electron chi connectivity index (χ4n) is 1.48. The van der Waals surface area contributed by atoms with E-state index in [-0.39, 0.29) is 12.2 Å². The SMILES string of the molecule is NNc1ccnc(Cn2cc([N+](=O)[O-])cnc2=O)c1. The maximum Gasteiger partial charge on any atom is 0.348 e. The zero-order valence-electron chi connectivity index (χ0n) is 9.68. The Balaban J connectivity index is 2.34. The van der Waals surface area contributed by atoms with E-state index in [1.807, 2.05) is 0 Å². The van der Waals surface area contributed by atoms with Gasteiger partial charge in [-0.2, -0.15) is 4.98 Å². The monoisotopic (exact) mass is 262 g/mol. The van der Waals surface area contributed by atoms with Crippen molar-refractivity contribution in [3.05, 3.63) is 57.0 Å². The van der Waals surface area contributed by atoms with Crippen molar-refractivity contribution in [3.63, 3.8) is 0 Å². The predicted molar refractivity (Wildman–Crippen MR) is 66.3 cm³/mol. The molecule has 9 nitrogen and oxygen atoms in total. The molecule has 0 unspecified atom stereocenters. The maximum absolute atomic E-state index is 11.5. The average Bonchev–Trinajstić information content (AvgIpc) is 2.41. The van der Waals surface area contributed by atoms with Crippen molar-refractivity contribution in [2.45, 2.75) is 6.54 Å². The molecule has 2 rings (SSSR count). The van der Waals surface area contributed by atoms with E-state index in [4.69, 9.17) is 5.84 Å². The Morgan fingerprint density at radius 3 is 2.95 bits per heavy atom. The molecular formula is C10H10N6O3. The first-order chi connectivity index (χ1) is 9.10. The quantitative estimate of drug-likeness (QED) is 0.446. The van der Waals surface area contributed by atoms with Crippen LogP contribution in [0, 0.1) is 10.1 Å². The Hall–Kier alpha value is -2.81. The molecule has 0 saturated heterocycles. The number of nitrogen functional groups attached to an aromatic ring is 1. The summed E-state index contributed by atoms with van der Waals surface area (Å²) in [5.74, 6) is 5.26. The van der Waals surface area contributed by atoms with Gasteiger partial charge in [0.05, 0.1) is 29.0 Å². The highest BCUT2D eigenvalue weighted by atomic mass is 16.6. The van der Waals surface area contributed by atoms with E-state index in [9.17, 15) is 14.9 Å². The standard InChI is InChI=1S/C10H10N6O3/c11-14-7-1-2-12-8(3-7)5-15-6-9(16(18)19)4-13-10(15)17/h1-4,6H,5,11H2,(H,12,14). The van der Waals surface area contributed by atoms with Crippen LogP contribution in [0.25, 0.3) is 0 Å². The molecule has 0 amide bonds. The van der Waals surface area contributed by atoms with Crippen LogP contribution in [-0.2, 0) is 6.54 Å². The fraction of sp³-hybridized carbons (Fsp3) is 0.100. The highest BCUT2D eigenvalue weighted by molar-refractivity contribution is 5.41. The van der Waals surface area contributed by atoms with Crippen molar-refractivity contribution in [1.82, 2.24) is 14.5 Å². The molecular weight excluding hydrogens is 252 g/mol. The third-order valence-corrected chi connectivity index (χ3v) is 2.37. The molecule has 0 saturated carbocycles. The number of hydrogen-bond acceptors (Lipinski definition) is 7. The van der Waals surface area contributed by atoms with Crippen LogP contribution in [-0.4, -0.2) is 19.5 Å². The second-order valence-electron chi connectivity index (χ2n) is 3.66. The smallest absolute Gasteiger partial charge is 0.324 e. The van der Waals surface area contributed by atoms with Gasteiger partial charge in [-0.3, -0.25) is 25.5 Å². The zero-order chi connectivity index (χ0) is 13.8. The van der Waals surface area contributed by atoms with Gasteiger partial charge in [0.2, 0.25) is 0 Å². The number of nitrogens with zero attached hydrogens (tertiary/aromatic N) is 4. The number of hydrogen-bond donors (Lipinski definition) is 2. The van der Waals surface area contributed by atoms with Gasteiger partial charge < -0.3 is 5.43 Å². The minimum Gasteiger partial charge on any atom is -0.324 e. The Kier molecular flexibility index (Phi) is 3.48. The van der Waals surface area contributed by atoms with Gasteiger partial charge in [-0.1, -0.05) is 0 Å². The second-order valence-corrected chi connectivity index (χ2v) is 3.66. The van der Waals surface area contributed by atoms with Gasteiger partial charge in [-0.15, -0.1) is 0 Å². The van der Waals surface area contributed by atoms with E-state index < -0.39 is 10.6 Å². The van der Waals surface area contributed by atoms with E-state index in [0.29, 0.717) is 11.4 Å². The molecule has 19 heavy (non-hydrogen) atoms. The molecule has 2 aromatic rings. The summed E-state index contributed by atoms with van der Waals surface area (Å²) in [6, 6.07) is 3.28. The number of nitrogens with one attached hydrogen (secondary N) is 1. The first-order valence-electron chi connectivity index (χ1n) is 5.22. The molecule has 0 radical (unpaired) electrons. The van der Waals surface area contributed by atoms with Crippen LogP contribution in [0.5, 0.6) is 0 Å². The summed E-state index contributed by atoms with van der Waals surface area (Å²) >= 11 is 0. The molecule has 98 valence electrons. The van der Waals surface area contributed by atoms with Crippen molar-refractivity contribution >= 4 is 11.4 Å². The molecule has 2 heterocycles. The van der Waals surface area contributed by atoms with Gasteiger partial charge in [-0.25, -0.2) is 4.79 Å². The predicted octanol–water partition coefficient (Wildman–Crippen LogP) is -0.120. The molecule has 0 aromatic carbocycles. The first kappa shape index (κ1) is 12.6. The molecule has 9 heteroatoms. The summed E-state index contributed by atoms with van der Waals surface area (Å²) in [5, 5.41) is 10.6. The van der Waals surface area contributed by atoms with Crippen LogP contribution in [0.15, 0.2) is 35.5 Å². The highest BCUT2D eigenvalue weighted by Crippen LogP contribution is 2.09. The van der Waals surface area contributed by atoms with Crippen molar-refractivity contribution in [2.24, 2.45) is 5.84 Å². The molecule has 0 aliphatic carbocycles. The lowest BCUT2D eigenvalue weighted by Crippen LogP contribution is -2.23. The number of hydrazine groups is 1. The number of anilines is 1. The average molecular weight is 262 g/mol. The minimum atomic E-state index is -0.617. The van der Waals surface area contributed by atoms with E-state index >= 15 is 0 Å². The van der Waals surface area contributed by atoms with Crippen molar-refractivity contribution in [2.75, 3.05) is 5.43 Å². The van der Waals surface area contributed by atoms with Crippen LogP contribution in [0.1, 0.15) is 5.69 Å². The Morgan fingerprint density at radius 2 is 2.26 bits per heavy atom. The molecule has 0 atom stereocenters. The van der Waals surface area contributed by atoms with E-state index in [0.717, 1.165) is 17.0 Å². The van der Waals surface area contributed by atoms with Gasteiger partial charge >= 0.3 is 11.4 Å². The van der Waals surface area contributed by atoms with Crippen LogP contribution >= 0.6 is 0 Å². The zero-order valence-corrected chi connectivity index (χ0v) is 9.68. The number of rotatable bonds is 4. The number of nitro groups is 1. The normalized spacial score (nSPS) is 10.2. The number of nitrogens with two attached hydrogens (primary N) is 1. The van der Waals surface area contributed by atoms with Gasteiger partial charge in [0.1, 0.15) is 6.20 Å². The summed E-state index contributed by atoms with van der Waals surface area (Å²) in [6.07, 6.45) is 3.56. The minimum absolute atomic E-state index is 0.0725. The van der Waals surface area contributed by atoms with Crippen LogP contribution in [0.3, 0.4) is 0 Å². The molecule has 0 bridgehead atoms. The van der Waals surface area contributed by atoms with Crippen LogP contribution in [0.4, 0.5) is 11.4 Å². The summed E-state index contributed by atoms with van der Waals surface area (Å²) < 4.78 is 1.11. The molecule has 0 fully saturated rings. The van der Waals surface area contributed by atoms with E-state index in [1.54, 1.807) is 12.1 Å². The lowest BCUT2D eigenvalue weighted by atomic mass is 10.3. The van der Waals surface area contributed by atoms with Crippen molar-refractivity contribution < 1.29 is 4.92 Å². The van der Waals surface area contributed by atoms with Crippen molar-refractivity contribution in [1.29, 1.82) is 0 Å². The topological polar surface area (TPSA) is 129 Å². The van der Waals surface area contributed by atoms with E-state index in [1.165, 1.54) is 6.20 Å². The summed E-state index contributed by atoms with van der Waals surface area (Å²) in [4.78, 5) is 29.0. The van der Waals surface area contributed by atoms with Gasteiger partial charge in [0.15, 0.2) is 0 Å². The summed E-state index contributed by atoms with van der Waals surface area (Å²) in [5.41, 5.74) is 2.75. The summed E-state index contributed by atoms with van der Waals surface area (Å²) in [6.45, 7) is 0.0725. The van der Waals surface area contributed by atoms with Gasteiger partial charge in [0.25, 0.3) is 0 Å². The lowest BCUT2D eigenvalue weighted by Gasteiger charge is -2.05. The molecule has 3 N–H and O–H groups in total. The number of pyridine rings is 1. The van der Waals surface area contributed by atoms with E-state index in [2.05, 4.69) is 15.4 Å². The van der Waals surface area contributed by atoms with Crippen LogP contribution < -0.4 is 17.0 Å². The lowest BCUT2D eigenvalue weighted by molar-refractivity contribution is -0.385. The Morgan fingerprint density at radius 1 is 1.47 bits per heavy atom. The Bertz CT molecular complexity index is 668. The maximum atomic E-state index is 11.5. The first-order valence-corrected chi connectivity index (χ1v) is 5.22. The molecule has 0 spiro atoms. The second kappa shape index (κ2) is 5.23. The summed E-state index contributed by atoms with van der Waals surface area (Å²) in [7, 11) is 0. The molecule has 0 aliphatic rings. The molecule has 0 aliphatic heterocycles. The van der Waals surface area contributed by atoms with Gasteiger partial charge in [0, 0.05) is 6.20 Å². The largest absolute Gasteiger partial charge is 0.348 e. The third kappa shape index (κ3) is 2.90. The van der Waals surface area contributed by atoms with Crippen molar-refractivity contribution in [3.8, 4) is 0 Å². The van der Waals surface area contributed by atoms with Gasteiger partial charge in [-0.05, 0) is 12.1 Å². The fourth-order valence-corrected chi connectivity index (χ4v) is 1.48. The highest BCUT2D eigenvalue weighted by Gasteiger charge is 2.09. The van der Waals surface area contributed by atoms with Crippen LogP contribution in [0.2, 0.25) is 0 Å². The number of aromatic nitrogens is 3. The molecule has 2 aromatic heterocycles. The third-order valence-electron chi connectivity index (χ3n) is 2.37.